The van der Waals surface area contributed by atoms with Crippen LogP contribution >= 0.6 is 11.3 Å². The number of furan rings is 1. The Bertz CT molecular complexity index is 1240. The number of hydrogen-bond acceptors (Lipinski definition) is 6. The van der Waals surface area contributed by atoms with E-state index in [0.717, 1.165) is 10.9 Å². The maximum Gasteiger partial charge on any atom is 0.291 e. The summed E-state index contributed by atoms with van der Waals surface area (Å²) in [4.78, 5) is 16.5. The molecule has 1 amide bonds. The highest BCUT2D eigenvalue weighted by atomic mass is 32.2. The van der Waals surface area contributed by atoms with E-state index in [2.05, 4.69) is 15.0 Å². The van der Waals surface area contributed by atoms with Crippen LogP contribution in [0.5, 0.6) is 0 Å². The van der Waals surface area contributed by atoms with Gasteiger partial charge in [-0.3, -0.25) is 9.52 Å². The highest BCUT2D eigenvalue weighted by Gasteiger charge is 2.19. The van der Waals surface area contributed by atoms with Crippen LogP contribution in [0.1, 0.15) is 16.1 Å². The lowest BCUT2D eigenvalue weighted by atomic mass is 10.1. The van der Waals surface area contributed by atoms with Crippen molar-refractivity contribution in [1.29, 1.82) is 0 Å². The average molecular weight is 413 g/mol. The second-order valence-corrected chi connectivity index (χ2v) is 8.55. The summed E-state index contributed by atoms with van der Waals surface area (Å²) in [5, 5.41) is 5.57. The lowest BCUT2D eigenvalue weighted by molar-refractivity contribution is 0.0998. The zero-order chi connectivity index (χ0) is 19.7. The van der Waals surface area contributed by atoms with Gasteiger partial charge in [0.15, 0.2) is 10.9 Å². The Morgan fingerprint density at radius 2 is 1.86 bits per heavy atom. The molecule has 0 unspecified atom stereocenters. The van der Waals surface area contributed by atoms with E-state index in [-0.39, 0.29) is 15.8 Å². The fourth-order valence-corrected chi connectivity index (χ4v) is 4.53. The van der Waals surface area contributed by atoms with Crippen LogP contribution in [0.3, 0.4) is 0 Å². The van der Waals surface area contributed by atoms with Gasteiger partial charge in [0.25, 0.3) is 15.9 Å². The number of anilines is 2. The van der Waals surface area contributed by atoms with Crippen molar-refractivity contribution in [3.05, 3.63) is 71.4 Å². The van der Waals surface area contributed by atoms with E-state index >= 15 is 0 Å². The third-order valence-corrected chi connectivity index (χ3v) is 6.30. The number of carbonyl (C=O) groups excluding carboxylic acids is 1. The fourth-order valence-electron chi connectivity index (χ4n) is 2.74. The first-order valence-corrected chi connectivity index (χ1v) is 10.6. The largest absolute Gasteiger partial charge is 0.451 e. The number of amides is 1. The number of aryl methyl sites for hydroxylation is 1. The van der Waals surface area contributed by atoms with E-state index in [1.807, 2.05) is 25.1 Å². The SMILES string of the molecule is Cc1c(C(=O)Nc2ccc(S(=O)(=O)Nc3nccs3)cc2)oc2ccccc12. The first-order chi connectivity index (χ1) is 13.4. The summed E-state index contributed by atoms with van der Waals surface area (Å²) in [6, 6.07) is 13.3. The van der Waals surface area contributed by atoms with Crippen molar-refractivity contribution in [2.24, 2.45) is 0 Å². The number of fused-ring (bicyclic) bond motifs is 1. The molecule has 28 heavy (non-hydrogen) atoms. The zero-order valence-electron chi connectivity index (χ0n) is 14.7. The number of nitrogens with zero attached hydrogens (tertiary/aromatic N) is 1. The molecule has 0 aliphatic carbocycles. The maximum absolute atomic E-state index is 12.6. The van der Waals surface area contributed by atoms with Gasteiger partial charge >= 0.3 is 0 Å². The van der Waals surface area contributed by atoms with Crippen LogP contribution in [0, 0.1) is 6.92 Å². The summed E-state index contributed by atoms with van der Waals surface area (Å²) in [6.45, 7) is 1.82. The zero-order valence-corrected chi connectivity index (χ0v) is 16.3. The second-order valence-electron chi connectivity index (χ2n) is 5.97. The molecule has 4 rings (SSSR count). The molecule has 2 aromatic heterocycles. The van der Waals surface area contributed by atoms with E-state index < -0.39 is 15.9 Å². The molecule has 2 heterocycles. The Morgan fingerprint density at radius 3 is 2.54 bits per heavy atom. The predicted octanol–water partition coefficient (Wildman–Crippen LogP) is 4.25. The lowest BCUT2D eigenvalue weighted by Crippen LogP contribution is -2.14. The van der Waals surface area contributed by atoms with E-state index in [9.17, 15) is 13.2 Å². The molecule has 142 valence electrons. The number of nitrogens with one attached hydrogen (secondary N) is 2. The Kier molecular flexibility index (Phi) is 4.62. The number of aromatic nitrogens is 1. The average Bonchev–Trinajstić information content (AvgIpc) is 3.30. The number of rotatable bonds is 5. The Hall–Kier alpha value is -3.17. The molecular weight excluding hydrogens is 398 g/mol. The van der Waals surface area contributed by atoms with Crippen LogP contribution < -0.4 is 10.0 Å². The number of sulfonamides is 1. The molecule has 4 aromatic rings. The van der Waals surface area contributed by atoms with Crippen molar-refractivity contribution in [1.82, 2.24) is 4.98 Å². The monoisotopic (exact) mass is 413 g/mol. The summed E-state index contributed by atoms with van der Waals surface area (Å²) in [7, 11) is -3.74. The van der Waals surface area contributed by atoms with Crippen LogP contribution in [0.4, 0.5) is 10.8 Å². The topological polar surface area (TPSA) is 101 Å². The first-order valence-electron chi connectivity index (χ1n) is 8.26. The summed E-state index contributed by atoms with van der Waals surface area (Å²) in [5.41, 5.74) is 1.85. The quantitative estimate of drug-likeness (QED) is 0.509. The number of carbonyl (C=O) groups is 1. The molecule has 0 atom stereocenters. The number of benzene rings is 2. The van der Waals surface area contributed by atoms with Crippen LogP contribution in [-0.2, 0) is 10.0 Å². The minimum absolute atomic E-state index is 0.0700. The second kappa shape index (κ2) is 7.10. The summed E-state index contributed by atoms with van der Waals surface area (Å²) >= 11 is 1.19. The van der Waals surface area contributed by atoms with E-state index in [1.54, 1.807) is 11.4 Å². The van der Waals surface area contributed by atoms with Crippen molar-refractivity contribution < 1.29 is 17.6 Å². The van der Waals surface area contributed by atoms with E-state index in [4.69, 9.17) is 4.42 Å². The van der Waals surface area contributed by atoms with Crippen molar-refractivity contribution in [2.75, 3.05) is 10.0 Å². The molecule has 0 saturated carbocycles. The molecule has 0 saturated heterocycles. The fraction of sp³-hybridized carbons (Fsp3) is 0.0526. The molecule has 0 radical (unpaired) electrons. The van der Waals surface area contributed by atoms with Crippen LogP contribution in [0.25, 0.3) is 11.0 Å². The Labute approximate surface area is 165 Å². The summed E-state index contributed by atoms with van der Waals surface area (Å²) in [6.07, 6.45) is 1.52. The summed E-state index contributed by atoms with van der Waals surface area (Å²) in [5.74, 6) is -0.173. The van der Waals surface area contributed by atoms with Gasteiger partial charge in [-0.25, -0.2) is 13.4 Å². The molecule has 0 fully saturated rings. The highest BCUT2D eigenvalue weighted by Crippen LogP contribution is 2.26. The van der Waals surface area contributed by atoms with Gasteiger partial charge in [-0.2, -0.15) is 0 Å². The minimum atomic E-state index is -3.74. The molecule has 2 aromatic carbocycles. The number of hydrogen-bond donors (Lipinski definition) is 2. The van der Waals surface area contributed by atoms with Gasteiger partial charge in [0, 0.05) is 28.2 Å². The van der Waals surface area contributed by atoms with Gasteiger partial charge in [0.05, 0.1) is 4.90 Å². The maximum atomic E-state index is 12.6. The van der Waals surface area contributed by atoms with E-state index in [0.29, 0.717) is 11.3 Å². The van der Waals surface area contributed by atoms with Crippen molar-refractivity contribution >= 4 is 49.1 Å². The third-order valence-electron chi connectivity index (χ3n) is 4.13. The van der Waals surface area contributed by atoms with Crippen molar-refractivity contribution in [3.63, 3.8) is 0 Å². The summed E-state index contributed by atoms with van der Waals surface area (Å²) < 4.78 is 32.7. The van der Waals surface area contributed by atoms with Gasteiger partial charge in [0.2, 0.25) is 0 Å². The Balaban J connectivity index is 1.52. The molecule has 0 aliphatic rings. The minimum Gasteiger partial charge on any atom is -0.451 e. The van der Waals surface area contributed by atoms with E-state index in [1.165, 1.54) is 41.8 Å². The number of para-hydroxylation sites is 1. The molecule has 0 bridgehead atoms. The van der Waals surface area contributed by atoms with Crippen LogP contribution in [0.2, 0.25) is 0 Å². The third kappa shape index (κ3) is 3.49. The van der Waals surface area contributed by atoms with Crippen LogP contribution in [0.15, 0.2) is 69.4 Å². The van der Waals surface area contributed by atoms with Crippen LogP contribution in [-0.4, -0.2) is 19.3 Å². The van der Waals surface area contributed by atoms with Crippen molar-refractivity contribution in [2.45, 2.75) is 11.8 Å². The molecule has 2 N–H and O–H groups in total. The highest BCUT2D eigenvalue weighted by molar-refractivity contribution is 7.93. The van der Waals surface area contributed by atoms with Gasteiger partial charge in [0.1, 0.15) is 5.58 Å². The van der Waals surface area contributed by atoms with Gasteiger partial charge in [-0.05, 0) is 37.3 Å². The van der Waals surface area contributed by atoms with Crippen molar-refractivity contribution in [3.8, 4) is 0 Å². The van der Waals surface area contributed by atoms with Gasteiger partial charge in [-0.1, -0.05) is 18.2 Å². The lowest BCUT2D eigenvalue weighted by Gasteiger charge is -2.07. The standard InChI is InChI=1S/C19H15N3O4S2/c1-12-15-4-2-3-5-16(15)26-17(12)18(23)21-13-6-8-14(9-7-13)28(24,25)22-19-20-10-11-27-19/h2-11H,1H3,(H,20,22)(H,21,23). The molecule has 0 spiro atoms. The predicted molar refractivity (Wildman–Crippen MR) is 108 cm³/mol. The number of thiazole rings is 1. The molecule has 0 aliphatic heterocycles. The van der Waals surface area contributed by atoms with Gasteiger partial charge < -0.3 is 9.73 Å². The smallest absolute Gasteiger partial charge is 0.291 e. The molecule has 7 nitrogen and oxygen atoms in total. The first kappa shape index (κ1) is 18.2. The molecular formula is C19H15N3O4S2. The Morgan fingerprint density at radius 1 is 1.11 bits per heavy atom. The normalized spacial score (nSPS) is 11.5. The molecule has 9 heteroatoms. The van der Waals surface area contributed by atoms with Gasteiger partial charge in [-0.15, -0.1) is 11.3 Å².